The fourth-order valence-electron chi connectivity index (χ4n) is 1.51. The Kier molecular flexibility index (Phi) is 8.35. The molecule has 1 aliphatic rings. The first-order valence-corrected chi connectivity index (χ1v) is 7.21. The summed E-state index contributed by atoms with van der Waals surface area (Å²) >= 11 is 2.27. The lowest BCUT2D eigenvalue weighted by Crippen LogP contribution is -2.22. The third-order valence-electron chi connectivity index (χ3n) is 2.33. The predicted octanol–water partition coefficient (Wildman–Crippen LogP) is 3.14. The molecule has 0 saturated carbocycles. The molecule has 0 bridgehead atoms. The normalized spacial score (nSPS) is 20.7. The molecule has 15 heavy (non-hydrogen) atoms. The van der Waals surface area contributed by atoms with Crippen molar-refractivity contribution in [2.75, 3.05) is 17.6 Å². The molecule has 0 aliphatic carbocycles. The van der Waals surface area contributed by atoms with E-state index in [4.69, 9.17) is 9.47 Å². The molecule has 1 fully saturated rings. The summed E-state index contributed by atoms with van der Waals surface area (Å²) in [7, 11) is 0. The summed E-state index contributed by atoms with van der Waals surface area (Å²) in [6.45, 7) is 1.68. The van der Waals surface area contributed by atoms with Gasteiger partial charge in [-0.25, -0.2) is 0 Å². The fraction of sp³-hybridized carbons (Fsp3) is 0.833. The molecule has 0 spiro atoms. The highest BCUT2D eigenvalue weighted by atomic mass is 127. The smallest absolute Gasteiger partial charge is 0.157 e. The van der Waals surface area contributed by atoms with Crippen LogP contribution in [-0.4, -0.2) is 23.9 Å². The average Bonchev–Trinajstić information content (AvgIpc) is 2.29. The maximum Gasteiger partial charge on any atom is 0.157 e. The van der Waals surface area contributed by atoms with Gasteiger partial charge in [0.1, 0.15) is 0 Å². The van der Waals surface area contributed by atoms with Crippen molar-refractivity contribution in [3.05, 3.63) is 0 Å². The molecular weight excluding hydrogens is 303 g/mol. The lowest BCUT2D eigenvalue weighted by atomic mass is 10.2. The highest BCUT2D eigenvalue weighted by molar-refractivity contribution is 14.1. The van der Waals surface area contributed by atoms with Crippen LogP contribution < -0.4 is 0 Å². The Bertz CT molecular complexity index is 201. The molecule has 1 unspecified atom stereocenters. The summed E-state index contributed by atoms with van der Waals surface area (Å²) in [6, 6.07) is 0. The van der Waals surface area contributed by atoms with Crippen LogP contribution in [0.4, 0.5) is 0 Å². The van der Waals surface area contributed by atoms with E-state index in [2.05, 4.69) is 34.4 Å². The van der Waals surface area contributed by atoms with Gasteiger partial charge in [0.15, 0.2) is 6.29 Å². The van der Waals surface area contributed by atoms with E-state index in [-0.39, 0.29) is 6.29 Å². The van der Waals surface area contributed by atoms with Crippen LogP contribution in [-0.2, 0) is 9.47 Å². The van der Waals surface area contributed by atoms with Gasteiger partial charge in [0.25, 0.3) is 0 Å². The van der Waals surface area contributed by atoms with Crippen LogP contribution >= 0.6 is 22.6 Å². The van der Waals surface area contributed by atoms with Gasteiger partial charge in [-0.05, 0) is 32.1 Å². The van der Waals surface area contributed by atoms with Crippen LogP contribution in [0.5, 0.6) is 0 Å². The van der Waals surface area contributed by atoms with E-state index in [1.807, 2.05) is 0 Å². The van der Waals surface area contributed by atoms with Gasteiger partial charge in [-0.1, -0.05) is 28.5 Å². The van der Waals surface area contributed by atoms with Crippen LogP contribution in [0.2, 0.25) is 0 Å². The molecule has 0 amide bonds. The van der Waals surface area contributed by atoms with Crippen LogP contribution in [0, 0.1) is 11.8 Å². The first-order chi connectivity index (χ1) is 7.43. The second-order valence-corrected chi connectivity index (χ2v) is 4.37. The number of alkyl halides is 1. The molecule has 0 aromatic heterocycles. The van der Waals surface area contributed by atoms with Gasteiger partial charge >= 0.3 is 0 Å². The van der Waals surface area contributed by atoms with Crippen molar-refractivity contribution in [2.45, 2.75) is 44.8 Å². The molecule has 1 heterocycles. The minimum absolute atomic E-state index is 0.0687. The molecule has 1 rings (SSSR count). The summed E-state index contributed by atoms with van der Waals surface area (Å²) in [4.78, 5) is 0. The van der Waals surface area contributed by atoms with E-state index < -0.39 is 0 Å². The van der Waals surface area contributed by atoms with Gasteiger partial charge in [-0.2, -0.15) is 0 Å². The highest BCUT2D eigenvalue weighted by Gasteiger charge is 2.12. The molecule has 0 radical (unpaired) electrons. The molecule has 1 aliphatic heterocycles. The van der Waals surface area contributed by atoms with Crippen molar-refractivity contribution >= 4 is 22.6 Å². The predicted molar refractivity (Wildman–Crippen MR) is 70.1 cm³/mol. The number of ether oxygens (including phenoxy) is 2. The van der Waals surface area contributed by atoms with Crippen molar-refractivity contribution in [3.63, 3.8) is 0 Å². The van der Waals surface area contributed by atoms with Crippen molar-refractivity contribution < 1.29 is 9.47 Å². The summed E-state index contributed by atoms with van der Waals surface area (Å²) in [5, 5.41) is 0. The van der Waals surface area contributed by atoms with Gasteiger partial charge in [-0.15, -0.1) is 5.92 Å². The molecule has 1 saturated heterocycles. The highest BCUT2D eigenvalue weighted by Crippen LogP contribution is 2.13. The first-order valence-electron chi connectivity index (χ1n) is 5.68. The fourth-order valence-corrected chi connectivity index (χ4v) is 1.78. The zero-order valence-electron chi connectivity index (χ0n) is 9.14. The third-order valence-corrected chi connectivity index (χ3v) is 2.71. The second-order valence-electron chi connectivity index (χ2n) is 3.61. The van der Waals surface area contributed by atoms with Crippen LogP contribution in [0.3, 0.4) is 0 Å². The minimum atomic E-state index is 0.0687. The molecule has 2 nitrogen and oxygen atoms in total. The summed E-state index contributed by atoms with van der Waals surface area (Å²) in [6.07, 6.45) is 6.79. The molecule has 1 atom stereocenters. The Morgan fingerprint density at radius 2 is 2.20 bits per heavy atom. The SMILES string of the molecule is ICC#CCCCCOC1CCCCO1. The van der Waals surface area contributed by atoms with Crippen molar-refractivity contribution in [1.29, 1.82) is 0 Å². The molecule has 86 valence electrons. The lowest BCUT2D eigenvalue weighted by Gasteiger charge is -2.22. The lowest BCUT2D eigenvalue weighted by molar-refractivity contribution is -0.162. The molecule has 3 heteroatoms. The summed E-state index contributed by atoms with van der Waals surface area (Å²) in [5.74, 6) is 6.19. The Labute approximate surface area is 106 Å². The van der Waals surface area contributed by atoms with Crippen LogP contribution in [0.1, 0.15) is 38.5 Å². The van der Waals surface area contributed by atoms with E-state index in [0.29, 0.717) is 0 Å². The number of halogens is 1. The Morgan fingerprint density at radius 1 is 1.27 bits per heavy atom. The average molecular weight is 322 g/mol. The Morgan fingerprint density at radius 3 is 2.93 bits per heavy atom. The van der Waals surface area contributed by atoms with Crippen molar-refractivity contribution in [3.8, 4) is 11.8 Å². The summed E-state index contributed by atoms with van der Waals surface area (Å²) in [5.41, 5.74) is 0. The van der Waals surface area contributed by atoms with Crippen molar-refractivity contribution in [1.82, 2.24) is 0 Å². The van der Waals surface area contributed by atoms with E-state index in [9.17, 15) is 0 Å². The Hall–Kier alpha value is 0.210. The van der Waals surface area contributed by atoms with E-state index in [1.54, 1.807) is 0 Å². The van der Waals surface area contributed by atoms with Gasteiger partial charge < -0.3 is 9.47 Å². The molecule has 0 aromatic rings. The number of rotatable bonds is 5. The van der Waals surface area contributed by atoms with Gasteiger partial charge in [0.2, 0.25) is 0 Å². The maximum absolute atomic E-state index is 5.62. The minimum Gasteiger partial charge on any atom is -0.353 e. The quantitative estimate of drug-likeness (QED) is 0.335. The maximum atomic E-state index is 5.62. The van der Waals surface area contributed by atoms with E-state index in [0.717, 1.165) is 43.3 Å². The zero-order chi connectivity index (χ0) is 10.8. The third kappa shape index (κ3) is 7.15. The largest absolute Gasteiger partial charge is 0.353 e. The van der Waals surface area contributed by atoms with Crippen LogP contribution in [0.15, 0.2) is 0 Å². The number of hydrogen-bond acceptors (Lipinski definition) is 2. The van der Waals surface area contributed by atoms with Gasteiger partial charge in [-0.3, -0.25) is 0 Å². The van der Waals surface area contributed by atoms with E-state index >= 15 is 0 Å². The molecular formula is C12H19IO2. The van der Waals surface area contributed by atoms with E-state index in [1.165, 1.54) is 12.8 Å². The van der Waals surface area contributed by atoms with Gasteiger partial charge in [0.05, 0.1) is 4.43 Å². The first kappa shape index (κ1) is 13.3. The Balaban J connectivity index is 1.87. The van der Waals surface area contributed by atoms with Crippen molar-refractivity contribution in [2.24, 2.45) is 0 Å². The second kappa shape index (κ2) is 9.44. The molecule has 0 aromatic carbocycles. The van der Waals surface area contributed by atoms with Crippen LogP contribution in [0.25, 0.3) is 0 Å². The number of hydrogen-bond donors (Lipinski definition) is 0. The summed E-state index contributed by atoms with van der Waals surface area (Å²) < 4.78 is 12.0. The van der Waals surface area contributed by atoms with Gasteiger partial charge in [0, 0.05) is 19.6 Å². The zero-order valence-corrected chi connectivity index (χ0v) is 11.3. The molecule has 0 N–H and O–H groups in total. The standard InChI is InChI=1S/C12H19IO2/c13-9-5-2-1-3-6-10-14-12-8-4-7-11-15-12/h12H,1,3-4,6-11H2. The topological polar surface area (TPSA) is 18.5 Å². The monoisotopic (exact) mass is 322 g/mol. The number of unbranched alkanes of at least 4 members (excludes halogenated alkanes) is 2.